The SMILES string of the molecule is O=C(NCc1cccnc1)c1cc(NC(=O)c2cccc3ccccc23)ccc1N1CCC(Cc2ccccc2)CC1. The molecule has 6 heteroatoms. The Morgan fingerprint density at radius 2 is 1.52 bits per heavy atom. The molecule has 6 rings (SSSR count). The third-order valence-electron chi connectivity index (χ3n) is 8.03. The first kappa shape index (κ1) is 27.2. The molecule has 1 aromatic heterocycles. The lowest BCUT2D eigenvalue weighted by Crippen LogP contribution is -2.36. The van der Waals surface area contributed by atoms with Crippen molar-refractivity contribution in [2.75, 3.05) is 23.3 Å². The predicted molar refractivity (Wildman–Crippen MR) is 169 cm³/mol. The fourth-order valence-electron chi connectivity index (χ4n) is 5.80. The molecule has 1 saturated heterocycles. The maximum absolute atomic E-state index is 13.6. The molecule has 2 N–H and O–H groups in total. The van der Waals surface area contributed by atoms with Crippen molar-refractivity contribution in [2.24, 2.45) is 5.92 Å². The van der Waals surface area contributed by atoms with Crippen molar-refractivity contribution in [1.82, 2.24) is 10.3 Å². The van der Waals surface area contributed by atoms with Crippen molar-refractivity contribution in [2.45, 2.75) is 25.8 Å². The number of piperidine rings is 1. The highest BCUT2D eigenvalue weighted by Gasteiger charge is 2.24. The molecule has 0 unspecified atom stereocenters. The number of carbonyl (C=O) groups is 2. The number of nitrogens with one attached hydrogen (secondary N) is 2. The van der Waals surface area contributed by atoms with Crippen LogP contribution in [0.25, 0.3) is 10.8 Å². The molecule has 210 valence electrons. The normalized spacial score (nSPS) is 13.6. The highest BCUT2D eigenvalue weighted by molar-refractivity contribution is 6.13. The predicted octanol–water partition coefficient (Wildman–Crippen LogP) is 6.88. The van der Waals surface area contributed by atoms with Gasteiger partial charge < -0.3 is 15.5 Å². The maximum Gasteiger partial charge on any atom is 0.256 e. The summed E-state index contributed by atoms with van der Waals surface area (Å²) < 4.78 is 0. The highest BCUT2D eigenvalue weighted by atomic mass is 16.2. The van der Waals surface area contributed by atoms with Crippen LogP contribution in [0.1, 0.15) is 44.7 Å². The molecule has 0 radical (unpaired) electrons. The Kier molecular flexibility index (Phi) is 8.22. The van der Waals surface area contributed by atoms with Crippen molar-refractivity contribution in [3.05, 3.63) is 138 Å². The molecule has 0 atom stereocenters. The van der Waals surface area contributed by atoms with Crippen LogP contribution in [0.3, 0.4) is 0 Å². The summed E-state index contributed by atoms with van der Waals surface area (Å²) in [5.74, 6) is 0.232. The van der Waals surface area contributed by atoms with Gasteiger partial charge in [0, 0.05) is 49.0 Å². The molecule has 2 amide bonds. The number of hydrogen-bond donors (Lipinski definition) is 2. The number of benzene rings is 4. The second-order valence-corrected chi connectivity index (χ2v) is 10.9. The van der Waals surface area contributed by atoms with E-state index in [-0.39, 0.29) is 11.8 Å². The average Bonchev–Trinajstić information content (AvgIpc) is 3.04. The topological polar surface area (TPSA) is 74.3 Å². The van der Waals surface area contributed by atoms with Crippen LogP contribution in [-0.4, -0.2) is 29.9 Å². The number of hydrogen-bond acceptors (Lipinski definition) is 4. The van der Waals surface area contributed by atoms with Gasteiger partial charge in [-0.15, -0.1) is 0 Å². The Bertz CT molecular complexity index is 1670. The van der Waals surface area contributed by atoms with Gasteiger partial charge in [0.2, 0.25) is 0 Å². The van der Waals surface area contributed by atoms with Gasteiger partial charge >= 0.3 is 0 Å². The van der Waals surface area contributed by atoms with Crippen LogP contribution in [0.4, 0.5) is 11.4 Å². The van der Waals surface area contributed by atoms with Gasteiger partial charge in [-0.1, -0.05) is 72.8 Å². The van der Waals surface area contributed by atoms with Crippen molar-refractivity contribution >= 4 is 34.0 Å². The summed E-state index contributed by atoms with van der Waals surface area (Å²) in [4.78, 5) is 33.4. The second-order valence-electron chi connectivity index (χ2n) is 10.9. The zero-order valence-electron chi connectivity index (χ0n) is 23.5. The first-order valence-electron chi connectivity index (χ1n) is 14.5. The molecule has 5 aromatic rings. The Hall–Kier alpha value is -4.97. The number of amides is 2. The van der Waals surface area contributed by atoms with E-state index in [0.29, 0.717) is 29.3 Å². The van der Waals surface area contributed by atoms with Gasteiger partial charge in [-0.3, -0.25) is 14.6 Å². The van der Waals surface area contributed by atoms with E-state index in [2.05, 4.69) is 50.8 Å². The third kappa shape index (κ3) is 6.33. The van der Waals surface area contributed by atoms with E-state index < -0.39 is 0 Å². The van der Waals surface area contributed by atoms with E-state index in [0.717, 1.165) is 54.4 Å². The Labute approximate surface area is 246 Å². The van der Waals surface area contributed by atoms with Crippen LogP contribution in [0, 0.1) is 5.92 Å². The van der Waals surface area contributed by atoms with E-state index in [1.165, 1.54) is 5.56 Å². The lowest BCUT2D eigenvalue weighted by molar-refractivity contribution is 0.0950. The Morgan fingerprint density at radius 1 is 0.762 bits per heavy atom. The fraction of sp³-hybridized carbons (Fsp3) is 0.194. The quantitative estimate of drug-likeness (QED) is 0.219. The molecule has 0 saturated carbocycles. The lowest BCUT2D eigenvalue weighted by atomic mass is 9.89. The van der Waals surface area contributed by atoms with Gasteiger partial charge in [-0.2, -0.15) is 0 Å². The van der Waals surface area contributed by atoms with Crippen LogP contribution >= 0.6 is 0 Å². The number of carbonyl (C=O) groups excluding carboxylic acids is 2. The molecule has 0 aliphatic carbocycles. The van der Waals surface area contributed by atoms with Gasteiger partial charge in [-0.05, 0) is 77.4 Å². The summed E-state index contributed by atoms with van der Waals surface area (Å²) in [6.07, 6.45) is 6.66. The van der Waals surface area contributed by atoms with Gasteiger partial charge in [0.1, 0.15) is 0 Å². The maximum atomic E-state index is 13.6. The van der Waals surface area contributed by atoms with Crippen molar-refractivity contribution in [1.29, 1.82) is 0 Å². The number of nitrogens with zero attached hydrogens (tertiary/aromatic N) is 2. The van der Waals surface area contributed by atoms with Crippen molar-refractivity contribution in [3.8, 4) is 0 Å². The lowest BCUT2D eigenvalue weighted by Gasteiger charge is -2.35. The second kappa shape index (κ2) is 12.7. The summed E-state index contributed by atoms with van der Waals surface area (Å²) in [5, 5.41) is 7.99. The third-order valence-corrected chi connectivity index (χ3v) is 8.03. The smallest absolute Gasteiger partial charge is 0.256 e. The van der Waals surface area contributed by atoms with E-state index >= 15 is 0 Å². The van der Waals surface area contributed by atoms with Crippen LogP contribution in [0.2, 0.25) is 0 Å². The Balaban J connectivity index is 1.22. The standard InChI is InChI=1S/C36H34N4O2/c41-35(38-25-28-10-7-19-37-24-28)33-23-30(39-36(42)32-14-6-12-29-11-4-5-13-31(29)32)15-16-34(33)40-20-17-27(18-21-40)22-26-8-2-1-3-9-26/h1-16,19,23-24,27H,17-18,20-22,25H2,(H,38,41)(H,39,42). The van der Waals surface area contributed by atoms with Gasteiger partial charge in [0.05, 0.1) is 5.56 Å². The summed E-state index contributed by atoms with van der Waals surface area (Å²) in [6, 6.07) is 33.7. The van der Waals surface area contributed by atoms with Crippen molar-refractivity contribution < 1.29 is 9.59 Å². The van der Waals surface area contributed by atoms with E-state index in [1.807, 2.05) is 66.7 Å². The van der Waals surface area contributed by atoms with Gasteiger partial charge in [0.15, 0.2) is 0 Å². The minimum atomic E-state index is -0.206. The molecule has 0 spiro atoms. The first-order valence-corrected chi connectivity index (χ1v) is 14.5. The van der Waals surface area contributed by atoms with E-state index in [4.69, 9.17) is 0 Å². The summed E-state index contributed by atoms with van der Waals surface area (Å²) >= 11 is 0. The largest absolute Gasteiger partial charge is 0.371 e. The number of rotatable bonds is 8. The van der Waals surface area contributed by atoms with Crippen LogP contribution in [0.15, 0.2) is 116 Å². The molecule has 1 aliphatic heterocycles. The summed E-state index contributed by atoms with van der Waals surface area (Å²) in [6.45, 7) is 2.13. The number of pyridine rings is 1. The Morgan fingerprint density at radius 3 is 2.33 bits per heavy atom. The summed E-state index contributed by atoms with van der Waals surface area (Å²) in [5.41, 5.74) is 4.92. The molecule has 1 aliphatic rings. The van der Waals surface area contributed by atoms with Gasteiger partial charge in [-0.25, -0.2) is 0 Å². The zero-order chi connectivity index (χ0) is 28.7. The highest BCUT2D eigenvalue weighted by Crippen LogP contribution is 2.31. The monoisotopic (exact) mass is 554 g/mol. The van der Waals surface area contributed by atoms with Crippen LogP contribution in [0.5, 0.6) is 0 Å². The molecule has 0 bridgehead atoms. The fourth-order valence-corrected chi connectivity index (χ4v) is 5.80. The number of aromatic nitrogens is 1. The first-order chi connectivity index (χ1) is 20.6. The minimum Gasteiger partial charge on any atom is -0.371 e. The van der Waals surface area contributed by atoms with E-state index in [1.54, 1.807) is 18.5 Å². The summed E-state index contributed by atoms with van der Waals surface area (Å²) in [7, 11) is 0. The minimum absolute atomic E-state index is 0.179. The average molecular weight is 555 g/mol. The number of fused-ring (bicyclic) bond motifs is 1. The van der Waals surface area contributed by atoms with Crippen molar-refractivity contribution in [3.63, 3.8) is 0 Å². The molecular weight excluding hydrogens is 520 g/mol. The van der Waals surface area contributed by atoms with E-state index in [9.17, 15) is 9.59 Å². The molecule has 4 aromatic carbocycles. The molecular formula is C36H34N4O2. The molecule has 2 heterocycles. The molecule has 1 fully saturated rings. The molecule has 42 heavy (non-hydrogen) atoms. The van der Waals surface area contributed by atoms with Gasteiger partial charge in [0.25, 0.3) is 11.8 Å². The van der Waals surface area contributed by atoms with Crippen LogP contribution in [-0.2, 0) is 13.0 Å². The zero-order valence-corrected chi connectivity index (χ0v) is 23.5. The number of anilines is 2. The molecule has 6 nitrogen and oxygen atoms in total. The van der Waals surface area contributed by atoms with Crippen LogP contribution < -0.4 is 15.5 Å².